The summed E-state index contributed by atoms with van der Waals surface area (Å²) in [7, 11) is -3.68. The van der Waals surface area contributed by atoms with Crippen molar-refractivity contribution in [3.63, 3.8) is 0 Å². The molecule has 42 heavy (non-hydrogen) atoms. The van der Waals surface area contributed by atoms with Gasteiger partial charge in [-0.2, -0.15) is 0 Å². The van der Waals surface area contributed by atoms with Gasteiger partial charge in [-0.15, -0.1) is 0 Å². The number of benzene rings is 7. The maximum atomic E-state index is 13.7. The van der Waals surface area contributed by atoms with Crippen LogP contribution in [0.4, 0.5) is 0 Å². The molecule has 198 valence electrons. The minimum atomic E-state index is -3.68. The van der Waals surface area contributed by atoms with Crippen LogP contribution < -0.4 is 0 Å². The van der Waals surface area contributed by atoms with E-state index in [0.717, 1.165) is 38.5 Å². The first-order chi connectivity index (χ1) is 20.6. The van der Waals surface area contributed by atoms with Crippen LogP contribution in [0.5, 0.6) is 0 Å². The van der Waals surface area contributed by atoms with Gasteiger partial charge in [-0.25, -0.2) is 13.4 Å². The van der Waals surface area contributed by atoms with Crippen LogP contribution in [0.15, 0.2) is 143 Å². The predicted octanol–water partition coefficient (Wildman–Crippen LogP) is 8.97. The smallest absolute Gasteiger partial charge is 0.210 e. The van der Waals surface area contributed by atoms with Gasteiger partial charge in [-0.05, 0) is 73.8 Å². The van der Waals surface area contributed by atoms with Crippen molar-refractivity contribution in [2.75, 3.05) is 0 Å². The van der Waals surface area contributed by atoms with Gasteiger partial charge in [0.15, 0.2) is 0 Å². The minimum Gasteiger partial charge on any atom is -0.290 e. The normalized spacial score (nSPS) is 13.6. The quantitative estimate of drug-likeness (QED) is 0.199. The van der Waals surface area contributed by atoms with Crippen molar-refractivity contribution in [2.45, 2.75) is 9.79 Å². The molecule has 0 saturated carbocycles. The third kappa shape index (κ3) is 3.06. The maximum Gasteiger partial charge on any atom is 0.210 e. The van der Waals surface area contributed by atoms with Crippen LogP contribution in [0.3, 0.4) is 0 Å². The molecule has 0 bridgehead atoms. The van der Waals surface area contributed by atoms with E-state index in [2.05, 4.69) is 91.0 Å². The van der Waals surface area contributed by atoms with Gasteiger partial charge in [0.1, 0.15) is 5.82 Å². The monoisotopic (exact) mass is 558 g/mol. The summed E-state index contributed by atoms with van der Waals surface area (Å²) in [6, 6.07) is 44.6. The van der Waals surface area contributed by atoms with Crippen LogP contribution in [0.25, 0.3) is 71.6 Å². The number of imidazole rings is 1. The van der Waals surface area contributed by atoms with E-state index in [4.69, 9.17) is 4.98 Å². The topological polar surface area (TPSA) is 52.0 Å². The molecule has 0 N–H and O–H groups in total. The molecule has 4 nitrogen and oxygen atoms in total. The first kappa shape index (κ1) is 23.4. The third-order valence-corrected chi connectivity index (χ3v) is 10.4. The highest BCUT2D eigenvalue weighted by atomic mass is 32.2. The number of hydrogen-bond donors (Lipinski definition) is 0. The number of rotatable bonds is 2. The van der Waals surface area contributed by atoms with Crippen molar-refractivity contribution in [2.24, 2.45) is 0 Å². The minimum absolute atomic E-state index is 0.291. The van der Waals surface area contributed by atoms with Crippen molar-refractivity contribution in [1.82, 2.24) is 9.55 Å². The summed E-state index contributed by atoms with van der Waals surface area (Å²) in [5.41, 5.74) is 5.22. The largest absolute Gasteiger partial charge is 0.290 e. The highest BCUT2D eigenvalue weighted by Gasteiger charge is 2.34. The Hall–Kier alpha value is -5.26. The first-order valence-corrected chi connectivity index (χ1v) is 15.4. The van der Waals surface area contributed by atoms with Gasteiger partial charge in [-0.1, -0.05) is 103 Å². The molecule has 0 fully saturated rings. The lowest BCUT2D eigenvalue weighted by Crippen LogP contribution is -2.15. The van der Waals surface area contributed by atoms with Crippen LogP contribution >= 0.6 is 0 Å². The molecule has 0 atom stereocenters. The van der Waals surface area contributed by atoms with Gasteiger partial charge in [0, 0.05) is 5.56 Å². The van der Waals surface area contributed by atoms with Gasteiger partial charge < -0.3 is 0 Å². The molecule has 7 aromatic carbocycles. The average Bonchev–Trinajstić information content (AvgIpc) is 3.42. The molecule has 0 amide bonds. The number of nitrogens with zero attached hydrogens (tertiary/aromatic N) is 2. The Morgan fingerprint density at radius 3 is 1.86 bits per heavy atom. The van der Waals surface area contributed by atoms with E-state index in [1.807, 2.05) is 22.8 Å². The van der Waals surface area contributed by atoms with Gasteiger partial charge in [-0.3, -0.25) is 4.57 Å². The summed E-state index contributed by atoms with van der Waals surface area (Å²) in [5.74, 6) is 0.734. The van der Waals surface area contributed by atoms with Crippen molar-refractivity contribution < 1.29 is 8.42 Å². The molecule has 1 aromatic heterocycles. The summed E-state index contributed by atoms with van der Waals surface area (Å²) in [6.07, 6.45) is 0. The molecule has 2 heterocycles. The fourth-order valence-electron chi connectivity index (χ4n) is 6.73. The molecular weight excluding hydrogens is 536 g/mol. The van der Waals surface area contributed by atoms with E-state index < -0.39 is 9.84 Å². The Bertz CT molecular complexity index is 2490. The van der Waals surface area contributed by atoms with Crippen LogP contribution in [0, 0.1) is 0 Å². The fraction of sp³-hybridized carbons (Fsp3) is 0. The van der Waals surface area contributed by atoms with E-state index in [9.17, 15) is 8.42 Å². The van der Waals surface area contributed by atoms with Crippen LogP contribution in [0.1, 0.15) is 0 Å². The zero-order valence-electron chi connectivity index (χ0n) is 22.3. The van der Waals surface area contributed by atoms with Crippen molar-refractivity contribution >= 4 is 53.2 Å². The molecule has 0 unspecified atom stereocenters. The Labute approximate surface area is 242 Å². The second kappa shape index (κ2) is 8.38. The van der Waals surface area contributed by atoms with E-state index in [1.165, 1.54) is 16.3 Å². The van der Waals surface area contributed by atoms with Gasteiger partial charge >= 0.3 is 0 Å². The van der Waals surface area contributed by atoms with Gasteiger partial charge in [0.25, 0.3) is 0 Å². The lowest BCUT2D eigenvalue weighted by molar-refractivity contribution is 0.594. The molecule has 1 aliphatic rings. The summed E-state index contributed by atoms with van der Waals surface area (Å²) >= 11 is 0. The van der Waals surface area contributed by atoms with Crippen molar-refractivity contribution in [3.05, 3.63) is 133 Å². The molecular formula is C37H22N2O2S. The van der Waals surface area contributed by atoms with E-state index in [1.54, 1.807) is 24.3 Å². The van der Waals surface area contributed by atoms with Crippen molar-refractivity contribution in [1.29, 1.82) is 0 Å². The van der Waals surface area contributed by atoms with Crippen LogP contribution in [-0.2, 0) is 9.84 Å². The van der Waals surface area contributed by atoms with Gasteiger partial charge in [0.05, 0.1) is 26.5 Å². The SMILES string of the molecule is O=S1(=O)c2ccccc2-n2c(-c3c4ccccc4c(-c4ccc5ccccc5c4)c4ccccc34)nc3cccc1c32. The van der Waals surface area contributed by atoms with E-state index >= 15 is 0 Å². The molecule has 5 heteroatoms. The number of sulfone groups is 1. The lowest BCUT2D eigenvalue weighted by Gasteiger charge is -2.22. The zero-order valence-corrected chi connectivity index (χ0v) is 23.1. The highest BCUT2D eigenvalue weighted by molar-refractivity contribution is 7.92. The number of fused-ring (bicyclic) bond motifs is 5. The highest BCUT2D eigenvalue weighted by Crippen LogP contribution is 2.47. The standard InChI is InChI=1S/C37H22N2O2S/c40-42(41)32-18-8-7-17-31(32)39-36-30(16-9-19-33(36)42)38-37(39)35-28-14-5-3-12-26(28)34(27-13-4-6-15-29(27)35)25-21-20-23-10-1-2-11-24(23)22-25/h1-22H. The van der Waals surface area contributed by atoms with Crippen LogP contribution in [0.2, 0.25) is 0 Å². The van der Waals surface area contributed by atoms with Crippen LogP contribution in [-0.4, -0.2) is 18.0 Å². The molecule has 9 rings (SSSR count). The Morgan fingerprint density at radius 2 is 1.12 bits per heavy atom. The fourth-order valence-corrected chi connectivity index (χ4v) is 8.36. The molecule has 1 aliphatic heterocycles. The summed E-state index contributed by atoms with van der Waals surface area (Å²) in [5, 5.41) is 6.79. The third-order valence-electron chi connectivity index (χ3n) is 8.52. The predicted molar refractivity (Wildman–Crippen MR) is 170 cm³/mol. The first-order valence-electron chi connectivity index (χ1n) is 13.9. The molecule has 0 saturated heterocycles. The number of para-hydroxylation sites is 2. The average molecular weight is 559 g/mol. The van der Waals surface area contributed by atoms with Gasteiger partial charge in [0.2, 0.25) is 9.84 Å². The van der Waals surface area contributed by atoms with E-state index in [-0.39, 0.29) is 0 Å². The summed E-state index contributed by atoms with van der Waals surface area (Å²) in [4.78, 5) is 5.75. The Kier molecular flexibility index (Phi) is 4.68. The van der Waals surface area contributed by atoms with Crippen molar-refractivity contribution in [3.8, 4) is 28.2 Å². The van der Waals surface area contributed by atoms with E-state index in [0.29, 0.717) is 26.5 Å². The summed E-state index contributed by atoms with van der Waals surface area (Å²) in [6.45, 7) is 0. The molecule has 0 radical (unpaired) electrons. The maximum absolute atomic E-state index is 13.7. The lowest BCUT2D eigenvalue weighted by atomic mass is 9.87. The second-order valence-corrected chi connectivity index (χ2v) is 12.7. The Morgan fingerprint density at radius 1 is 0.524 bits per heavy atom. The zero-order chi connectivity index (χ0) is 28.0. The molecule has 0 spiro atoms. The number of aromatic nitrogens is 2. The number of hydrogen-bond acceptors (Lipinski definition) is 3. The second-order valence-electron chi connectivity index (χ2n) is 10.8. The Balaban J connectivity index is 1.46. The summed E-state index contributed by atoms with van der Waals surface area (Å²) < 4.78 is 29.5. The molecule has 8 aromatic rings. The molecule has 0 aliphatic carbocycles.